The van der Waals surface area contributed by atoms with Gasteiger partial charge in [-0.25, -0.2) is 0 Å². The Labute approximate surface area is 156 Å². The molecule has 1 aromatic heterocycles. The van der Waals surface area contributed by atoms with Gasteiger partial charge in [-0.1, -0.05) is 6.07 Å². The fraction of sp³-hybridized carbons (Fsp3) is 0.333. The van der Waals surface area contributed by atoms with Gasteiger partial charge >= 0.3 is 5.69 Å². The summed E-state index contributed by atoms with van der Waals surface area (Å²) in [5.41, 5.74) is 4.09. The first-order valence-corrected chi connectivity index (χ1v) is 9.11. The minimum Gasteiger partial charge on any atom is -0.490 e. The number of amides is 1. The summed E-state index contributed by atoms with van der Waals surface area (Å²) in [7, 11) is 1.39. The average molecular weight is 375 g/mol. The number of ether oxygens (including phenoxy) is 1. The smallest absolute Gasteiger partial charge is 0.311 e. The van der Waals surface area contributed by atoms with Crippen LogP contribution in [0.3, 0.4) is 0 Å². The zero-order chi connectivity index (χ0) is 19.3. The van der Waals surface area contributed by atoms with Crippen LogP contribution in [0.2, 0.25) is 0 Å². The van der Waals surface area contributed by atoms with Crippen molar-refractivity contribution in [2.75, 3.05) is 18.2 Å². The molecule has 0 unspecified atom stereocenters. The first-order chi connectivity index (χ1) is 12.3. The largest absolute Gasteiger partial charge is 0.490 e. The molecule has 0 saturated carbocycles. The van der Waals surface area contributed by atoms with E-state index in [2.05, 4.69) is 10.3 Å². The topological polar surface area (TPSA) is 94.4 Å². The molecule has 1 heterocycles. The molecule has 1 aromatic carbocycles. The van der Waals surface area contributed by atoms with Crippen LogP contribution in [0.5, 0.6) is 5.75 Å². The lowest BCUT2D eigenvalue weighted by Gasteiger charge is -2.12. The molecule has 0 bridgehead atoms. The molecule has 7 nitrogen and oxygen atoms in total. The number of pyridine rings is 1. The number of carbonyl (C=O) groups excluding carboxylic acids is 1. The number of nitrogens with zero attached hydrogens (tertiary/aromatic N) is 2. The number of hydrogen-bond donors (Lipinski definition) is 1. The molecular weight excluding hydrogens is 354 g/mol. The number of aryl methyl sites for hydroxylation is 3. The predicted octanol–water partition coefficient (Wildman–Crippen LogP) is 3.80. The molecule has 0 fully saturated rings. The van der Waals surface area contributed by atoms with Gasteiger partial charge in [-0.15, -0.1) is 11.8 Å². The number of hydrogen-bond acceptors (Lipinski definition) is 6. The van der Waals surface area contributed by atoms with Gasteiger partial charge in [0.05, 0.1) is 29.2 Å². The SMILES string of the molecule is COc1ccc(CSCC(=O)Nc2c(C)cc(C)nc2C)cc1[N+](=O)[O-]. The number of rotatable bonds is 7. The maximum Gasteiger partial charge on any atom is 0.311 e. The minimum absolute atomic E-state index is 0.0768. The van der Waals surface area contributed by atoms with E-state index in [1.165, 1.54) is 24.9 Å². The Kier molecular flexibility index (Phi) is 6.57. The molecule has 0 spiro atoms. The highest BCUT2D eigenvalue weighted by molar-refractivity contribution is 7.99. The molecule has 1 N–H and O–H groups in total. The number of benzene rings is 1. The first-order valence-electron chi connectivity index (χ1n) is 7.95. The van der Waals surface area contributed by atoms with Crippen LogP contribution in [-0.2, 0) is 10.5 Å². The Morgan fingerprint density at radius 1 is 1.31 bits per heavy atom. The molecule has 0 saturated heterocycles. The third kappa shape index (κ3) is 4.95. The van der Waals surface area contributed by atoms with Crippen molar-refractivity contribution in [1.29, 1.82) is 0 Å². The third-order valence-corrected chi connectivity index (χ3v) is 4.74. The Balaban J connectivity index is 1.95. The van der Waals surface area contributed by atoms with Crippen LogP contribution in [0, 0.1) is 30.9 Å². The van der Waals surface area contributed by atoms with E-state index in [4.69, 9.17) is 4.74 Å². The fourth-order valence-corrected chi connectivity index (χ4v) is 3.39. The number of nitrogens with one attached hydrogen (secondary N) is 1. The fourth-order valence-electron chi connectivity index (χ4n) is 2.62. The van der Waals surface area contributed by atoms with E-state index in [0.29, 0.717) is 5.75 Å². The first kappa shape index (κ1) is 19.7. The number of aromatic nitrogens is 1. The number of nitro groups is 1. The molecular formula is C18H21N3O4S. The second-order valence-electron chi connectivity index (χ2n) is 5.85. The summed E-state index contributed by atoms with van der Waals surface area (Å²) in [5.74, 6) is 0.823. The Hall–Kier alpha value is -2.61. The molecule has 0 aliphatic rings. The number of carbonyl (C=O) groups is 1. The van der Waals surface area contributed by atoms with Gasteiger partial charge in [0.15, 0.2) is 5.75 Å². The van der Waals surface area contributed by atoms with E-state index >= 15 is 0 Å². The van der Waals surface area contributed by atoms with Crippen LogP contribution in [0.4, 0.5) is 11.4 Å². The maximum atomic E-state index is 12.2. The maximum absolute atomic E-state index is 12.2. The highest BCUT2D eigenvalue weighted by Gasteiger charge is 2.15. The quantitative estimate of drug-likeness (QED) is 0.584. The van der Waals surface area contributed by atoms with Gasteiger partial charge in [-0.05, 0) is 44.0 Å². The Morgan fingerprint density at radius 3 is 2.65 bits per heavy atom. The molecule has 0 aliphatic carbocycles. The van der Waals surface area contributed by atoms with Gasteiger partial charge in [0.25, 0.3) is 0 Å². The molecule has 1 amide bonds. The summed E-state index contributed by atoms with van der Waals surface area (Å²) in [6.45, 7) is 5.70. The van der Waals surface area contributed by atoms with Gasteiger partial charge in [0.2, 0.25) is 5.91 Å². The Morgan fingerprint density at radius 2 is 2.04 bits per heavy atom. The zero-order valence-electron chi connectivity index (χ0n) is 15.2. The number of thioether (sulfide) groups is 1. The van der Waals surface area contributed by atoms with Crippen LogP contribution < -0.4 is 10.1 Å². The van der Waals surface area contributed by atoms with E-state index in [-0.39, 0.29) is 23.1 Å². The van der Waals surface area contributed by atoms with E-state index in [9.17, 15) is 14.9 Å². The second-order valence-corrected chi connectivity index (χ2v) is 6.83. The summed E-state index contributed by atoms with van der Waals surface area (Å²) in [6.07, 6.45) is 0. The summed E-state index contributed by atoms with van der Waals surface area (Å²) in [5, 5.41) is 13.9. The van der Waals surface area contributed by atoms with Crippen LogP contribution in [0.15, 0.2) is 24.3 Å². The van der Waals surface area contributed by atoms with Crippen molar-refractivity contribution < 1.29 is 14.5 Å². The van der Waals surface area contributed by atoms with Crippen molar-refractivity contribution >= 4 is 29.0 Å². The van der Waals surface area contributed by atoms with Gasteiger partial charge in [-0.3, -0.25) is 19.9 Å². The standard InChI is InChI=1S/C18H21N3O4S/c1-11-7-12(2)19-13(3)18(11)20-17(22)10-26-9-14-5-6-16(25-4)15(8-14)21(23)24/h5-8H,9-10H2,1-4H3,(H,20,22). The van der Waals surface area contributed by atoms with Crippen LogP contribution in [0.1, 0.15) is 22.5 Å². The number of nitro benzene ring substituents is 1. The molecule has 2 aromatic rings. The molecule has 0 aliphatic heterocycles. The highest BCUT2D eigenvalue weighted by atomic mass is 32.2. The van der Waals surface area contributed by atoms with Gasteiger partial charge in [0.1, 0.15) is 0 Å². The van der Waals surface area contributed by atoms with E-state index in [1.54, 1.807) is 12.1 Å². The van der Waals surface area contributed by atoms with E-state index in [0.717, 1.165) is 28.2 Å². The van der Waals surface area contributed by atoms with E-state index < -0.39 is 4.92 Å². The van der Waals surface area contributed by atoms with Gasteiger partial charge < -0.3 is 10.1 Å². The monoisotopic (exact) mass is 375 g/mol. The zero-order valence-corrected chi connectivity index (χ0v) is 16.0. The summed E-state index contributed by atoms with van der Waals surface area (Å²) in [6, 6.07) is 6.72. The molecule has 26 heavy (non-hydrogen) atoms. The Bertz CT molecular complexity index is 816. The van der Waals surface area contributed by atoms with Crippen LogP contribution >= 0.6 is 11.8 Å². The number of methoxy groups -OCH3 is 1. The minimum atomic E-state index is -0.477. The van der Waals surface area contributed by atoms with Crippen molar-refractivity contribution in [3.63, 3.8) is 0 Å². The van der Waals surface area contributed by atoms with Gasteiger partial charge in [-0.2, -0.15) is 0 Å². The number of anilines is 1. The average Bonchev–Trinajstić information content (AvgIpc) is 2.58. The molecule has 0 atom stereocenters. The lowest BCUT2D eigenvalue weighted by atomic mass is 10.1. The lowest BCUT2D eigenvalue weighted by Crippen LogP contribution is -2.16. The van der Waals surface area contributed by atoms with E-state index in [1.807, 2.05) is 26.8 Å². The molecule has 2 rings (SSSR count). The highest BCUT2D eigenvalue weighted by Crippen LogP contribution is 2.29. The predicted molar refractivity (Wildman–Crippen MR) is 103 cm³/mol. The third-order valence-electron chi connectivity index (χ3n) is 3.73. The van der Waals surface area contributed by atoms with Gasteiger partial charge in [0, 0.05) is 17.5 Å². The second kappa shape index (κ2) is 8.66. The summed E-state index contributed by atoms with van der Waals surface area (Å²) >= 11 is 1.39. The summed E-state index contributed by atoms with van der Waals surface area (Å²) in [4.78, 5) is 27.1. The molecule has 0 radical (unpaired) electrons. The molecule has 138 valence electrons. The van der Waals surface area contributed by atoms with Crippen molar-refractivity contribution in [1.82, 2.24) is 4.98 Å². The van der Waals surface area contributed by atoms with Crippen molar-refractivity contribution in [2.24, 2.45) is 0 Å². The van der Waals surface area contributed by atoms with Crippen molar-refractivity contribution in [3.8, 4) is 5.75 Å². The lowest BCUT2D eigenvalue weighted by molar-refractivity contribution is -0.385. The van der Waals surface area contributed by atoms with Crippen molar-refractivity contribution in [2.45, 2.75) is 26.5 Å². The van der Waals surface area contributed by atoms with Crippen LogP contribution in [0.25, 0.3) is 0 Å². The van der Waals surface area contributed by atoms with Crippen LogP contribution in [-0.4, -0.2) is 28.7 Å². The molecule has 8 heteroatoms. The summed E-state index contributed by atoms with van der Waals surface area (Å²) < 4.78 is 4.98. The van der Waals surface area contributed by atoms with Crippen molar-refractivity contribution in [3.05, 3.63) is 56.9 Å². The normalized spacial score (nSPS) is 10.5.